The summed E-state index contributed by atoms with van der Waals surface area (Å²) in [6, 6.07) is 14.1. The molecule has 0 radical (unpaired) electrons. The molecule has 0 fully saturated rings. The molecule has 0 saturated carbocycles. The molecule has 0 saturated heterocycles. The maximum atomic E-state index is 13.6. The van der Waals surface area contributed by atoms with Crippen molar-refractivity contribution in [1.82, 2.24) is 14.9 Å². The number of carbonyl (C=O) groups excluding carboxylic acids is 1. The Labute approximate surface area is 159 Å². The Balaban J connectivity index is 1.91. The lowest BCUT2D eigenvalue weighted by Gasteiger charge is -2.27. The number of aromatic nitrogens is 2. The quantitative estimate of drug-likeness (QED) is 0.696. The van der Waals surface area contributed by atoms with Crippen molar-refractivity contribution in [1.29, 1.82) is 0 Å². The molecule has 3 rings (SSSR count). The van der Waals surface area contributed by atoms with Gasteiger partial charge in [-0.25, -0.2) is 9.37 Å². The smallest absolute Gasteiger partial charge is 0.230 e. The average molecular weight is 367 g/mol. The Kier molecular flexibility index (Phi) is 5.05. The highest BCUT2D eigenvalue weighted by Crippen LogP contribution is 2.28. The van der Waals surface area contributed by atoms with Gasteiger partial charge < -0.3 is 9.88 Å². The van der Waals surface area contributed by atoms with Crippen molar-refractivity contribution in [2.45, 2.75) is 52.1 Å². The van der Waals surface area contributed by atoms with Gasteiger partial charge in [0.2, 0.25) is 5.91 Å². The SMILES string of the molecule is CC(C)n1c([C@H](C)NC(=O)C(C)(C)c2cccc(F)c2)nc2ccccc21. The second-order valence-electron chi connectivity index (χ2n) is 7.75. The number of amides is 1. The zero-order valence-corrected chi connectivity index (χ0v) is 16.5. The minimum atomic E-state index is -0.856. The number of para-hydroxylation sites is 2. The third-order valence-electron chi connectivity index (χ3n) is 4.99. The van der Waals surface area contributed by atoms with Crippen LogP contribution in [-0.4, -0.2) is 15.5 Å². The number of nitrogens with one attached hydrogen (secondary N) is 1. The Morgan fingerprint density at radius 2 is 1.81 bits per heavy atom. The third kappa shape index (κ3) is 3.59. The fourth-order valence-electron chi connectivity index (χ4n) is 3.36. The van der Waals surface area contributed by atoms with Crippen LogP contribution in [0.15, 0.2) is 48.5 Å². The molecule has 0 spiro atoms. The van der Waals surface area contributed by atoms with Gasteiger partial charge in [-0.1, -0.05) is 24.3 Å². The van der Waals surface area contributed by atoms with Gasteiger partial charge in [0.05, 0.1) is 22.5 Å². The molecule has 3 aromatic rings. The standard InChI is InChI=1S/C22H26FN3O/c1-14(2)26-19-12-7-6-11-18(19)25-20(26)15(3)24-21(27)22(4,5)16-9-8-10-17(23)13-16/h6-15H,1-5H3,(H,24,27)/t15-/m0/s1. The molecule has 0 bridgehead atoms. The molecule has 1 amide bonds. The topological polar surface area (TPSA) is 46.9 Å². The van der Waals surface area contributed by atoms with Gasteiger partial charge in [-0.15, -0.1) is 0 Å². The van der Waals surface area contributed by atoms with E-state index in [1.54, 1.807) is 26.0 Å². The third-order valence-corrected chi connectivity index (χ3v) is 4.99. The molecule has 0 unspecified atom stereocenters. The first-order valence-electron chi connectivity index (χ1n) is 9.25. The number of halogens is 1. The molecule has 1 N–H and O–H groups in total. The van der Waals surface area contributed by atoms with Gasteiger partial charge >= 0.3 is 0 Å². The van der Waals surface area contributed by atoms with E-state index >= 15 is 0 Å². The molecule has 0 aliphatic carbocycles. The number of hydrogen-bond acceptors (Lipinski definition) is 2. The van der Waals surface area contributed by atoms with E-state index in [0.29, 0.717) is 5.56 Å². The van der Waals surface area contributed by atoms with E-state index in [9.17, 15) is 9.18 Å². The molecule has 27 heavy (non-hydrogen) atoms. The van der Waals surface area contributed by atoms with Crippen molar-refractivity contribution >= 4 is 16.9 Å². The first-order chi connectivity index (χ1) is 12.7. The largest absolute Gasteiger partial charge is 0.346 e. The lowest BCUT2D eigenvalue weighted by Crippen LogP contribution is -2.42. The lowest BCUT2D eigenvalue weighted by molar-refractivity contribution is -0.126. The average Bonchev–Trinajstić information content (AvgIpc) is 3.01. The first kappa shape index (κ1) is 19.1. The molecule has 2 aromatic carbocycles. The Bertz CT molecular complexity index is 975. The van der Waals surface area contributed by atoms with Crippen LogP contribution in [0.25, 0.3) is 11.0 Å². The van der Waals surface area contributed by atoms with E-state index in [1.807, 2.05) is 31.2 Å². The maximum Gasteiger partial charge on any atom is 0.230 e. The molecule has 1 atom stereocenters. The Morgan fingerprint density at radius 3 is 2.48 bits per heavy atom. The summed E-state index contributed by atoms with van der Waals surface area (Å²) < 4.78 is 15.8. The van der Waals surface area contributed by atoms with E-state index < -0.39 is 5.41 Å². The van der Waals surface area contributed by atoms with Gasteiger partial charge in [-0.3, -0.25) is 4.79 Å². The lowest BCUT2D eigenvalue weighted by atomic mass is 9.83. The van der Waals surface area contributed by atoms with Crippen LogP contribution in [0.4, 0.5) is 4.39 Å². The summed E-state index contributed by atoms with van der Waals surface area (Å²) >= 11 is 0. The molecule has 1 heterocycles. The van der Waals surface area contributed by atoms with E-state index in [1.165, 1.54) is 12.1 Å². The summed E-state index contributed by atoms with van der Waals surface area (Å²) in [4.78, 5) is 17.7. The fraction of sp³-hybridized carbons (Fsp3) is 0.364. The van der Waals surface area contributed by atoms with Crippen LogP contribution in [-0.2, 0) is 10.2 Å². The number of rotatable bonds is 5. The molecular weight excluding hydrogens is 341 g/mol. The van der Waals surface area contributed by atoms with Crippen molar-refractivity contribution in [2.75, 3.05) is 0 Å². The molecule has 5 heteroatoms. The summed E-state index contributed by atoms with van der Waals surface area (Å²) in [5.41, 5.74) is 1.75. The van der Waals surface area contributed by atoms with Gasteiger partial charge in [-0.2, -0.15) is 0 Å². The minimum absolute atomic E-state index is 0.164. The molecule has 0 aliphatic rings. The Morgan fingerprint density at radius 1 is 1.11 bits per heavy atom. The van der Waals surface area contributed by atoms with Gasteiger partial charge in [0, 0.05) is 6.04 Å². The molecule has 1 aromatic heterocycles. The van der Waals surface area contributed by atoms with Crippen molar-refractivity contribution < 1.29 is 9.18 Å². The predicted octanol–water partition coefficient (Wildman–Crippen LogP) is 4.91. The molecule has 4 nitrogen and oxygen atoms in total. The maximum absolute atomic E-state index is 13.6. The zero-order valence-electron chi connectivity index (χ0n) is 16.5. The van der Waals surface area contributed by atoms with Crippen molar-refractivity contribution in [3.63, 3.8) is 0 Å². The van der Waals surface area contributed by atoms with Crippen LogP contribution in [0.5, 0.6) is 0 Å². The van der Waals surface area contributed by atoms with E-state index in [4.69, 9.17) is 4.98 Å². The molecule has 0 aliphatic heterocycles. The number of imidazole rings is 1. The van der Waals surface area contributed by atoms with E-state index in [2.05, 4.69) is 23.7 Å². The van der Waals surface area contributed by atoms with Gasteiger partial charge in [0.1, 0.15) is 11.6 Å². The number of nitrogens with zero attached hydrogens (tertiary/aromatic N) is 2. The summed E-state index contributed by atoms with van der Waals surface area (Å²) in [5.74, 6) is 0.306. The van der Waals surface area contributed by atoms with Crippen LogP contribution in [0.2, 0.25) is 0 Å². The van der Waals surface area contributed by atoms with Crippen LogP contribution in [0, 0.1) is 5.82 Å². The highest BCUT2D eigenvalue weighted by molar-refractivity contribution is 5.87. The first-order valence-corrected chi connectivity index (χ1v) is 9.25. The van der Waals surface area contributed by atoms with E-state index in [-0.39, 0.29) is 23.8 Å². The number of benzene rings is 2. The second-order valence-corrected chi connectivity index (χ2v) is 7.75. The highest BCUT2D eigenvalue weighted by Gasteiger charge is 2.32. The van der Waals surface area contributed by atoms with Crippen molar-refractivity contribution in [3.05, 3.63) is 65.7 Å². The minimum Gasteiger partial charge on any atom is -0.346 e. The monoisotopic (exact) mass is 367 g/mol. The van der Waals surface area contributed by atoms with Crippen molar-refractivity contribution in [3.8, 4) is 0 Å². The van der Waals surface area contributed by atoms with Crippen LogP contribution < -0.4 is 5.32 Å². The summed E-state index contributed by atoms with van der Waals surface area (Å²) in [6.07, 6.45) is 0. The predicted molar refractivity (Wildman–Crippen MR) is 106 cm³/mol. The van der Waals surface area contributed by atoms with Crippen LogP contribution >= 0.6 is 0 Å². The van der Waals surface area contributed by atoms with Gasteiger partial charge in [0.15, 0.2) is 0 Å². The number of carbonyl (C=O) groups is 1. The summed E-state index contributed by atoms with van der Waals surface area (Å²) in [5, 5.41) is 3.07. The normalized spacial score (nSPS) is 13.1. The van der Waals surface area contributed by atoms with Crippen LogP contribution in [0.1, 0.15) is 58.1 Å². The van der Waals surface area contributed by atoms with Gasteiger partial charge in [-0.05, 0) is 64.4 Å². The summed E-state index contributed by atoms with van der Waals surface area (Å²) in [6.45, 7) is 9.73. The number of hydrogen-bond donors (Lipinski definition) is 1. The number of fused-ring (bicyclic) bond motifs is 1. The summed E-state index contributed by atoms with van der Waals surface area (Å²) in [7, 11) is 0. The van der Waals surface area contributed by atoms with Crippen molar-refractivity contribution in [2.24, 2.45) is 0 Å². The molecule has 142 valence electrons. The molecular formula is C22H26FN3O. The highest BCUT2D eigenvalue weighted by atomic mass is 19.1. The van der Waals surface area contributed by atoms with Crippen LogP contribution in [0.3, 0.4) is 0 Å². The Hall–Kier alpha value is -2.69. The van der Waals surface area contributed by atoms with Gasteiger partial charge in [0.25, 0.3) is 0 Å². The van der Waals surface area contributed by atoms with E-state index in [0.717, 1.165) is 16.9 Å². The zero-order chi connectivity index (χ0) is 19.8. The second kappa shape index (κ2) is 7.14. The fourth-order valence-corrected chi connectivity index (χ4v) is 3.36.